The normalized spacial score (nSPS) is 11.5. The van der Waals surface area contributed by atoms with Gasteiger partial charge >= 0.3 is 0 Å². The van der Waals surface area contributed by atoms with E-state index >= 15 is 0 Å². The molecule has 0 bridgehead atoms. The maximum absolute atomic E-state index is 11.0. The Morgan fingerprint density at radius 2 is 1.60 bits per heavy atom. The van der Waals surface area contributed by atoms with Gasteiger partial charge in [0, 0.05) is 34.4 Å². The Hall–Kier alpha value is -3.33. The molecule has 4 rings (SSSR count). The summed E-state index contributed by atoms with van der Waals surface area (Å²) < 4.78 is 2.33. The van der Waals surface area contributed by atoms with Crippen molar-refractivity contribution in [2.24, 2.45) is 5.73 Å². The lowest BCUT2D eigenvalue weighted by molar-refractivity contribution is -0.113. The number of fused-ring (bicyclic) bond motifs is 3. The minimum absolute atomic E-state index is 0.438. The number of rotatable bonds is 4. The number of aromatic nitrogens is 1. The second-order valence-electron chi connectivity index (χ2n) is 6.10. The number of nitrogens with zero attached hydrogens (tertiary/aromatic N) is 1. The van der Waals surface area contributed by atoms with E-state index in [-0.39, 0.29) is 0 Å². The molecule has 1 amide bonds. The fourth-order valence-electron chi connectivity index (χ4n) is 3.29. The third-order valence-corrected chi connectivity index (χ3v) is 4.42. The average molecular weight is 326 g/mol. The zero-order chi connectivity index (χ0) is 17.2. The summed E-state index contributed by atoms with van der Waals surface area (Å²) in [5.41, 5.74) is 9.82. The van der Waals surface area contributed by atoms with E-state index in [2.05, 4.69) is 65.2 Å². The van der Waals surface area contributed by atoms with Gasteiger partial charge in [0.15, 0.2) is 0 Å². The molecule has 3 nitrogen and oxygen atoms in total. The van der Waals surface area contributed by atoms with Gasteiger partial charge in [-0.25, -0.2) is 0 Å². The van der Waals surface area contributed by atoms with E-state index in [0.717, 1.165) is 12.1 Å². The first-order chi connectivity index (χ1) is 12.2. The van der Waals surface area contributed by atoms with Crippen LogP contribution < -0.4 is 5.73 Å². The average Bonchev–Trinajstić information content (AvgIpc) is 2.95. The van der Waals surface area contributed by atoms with Crippen LogP contribution in [-0.2, 0) is 11.3 Å². The number of hydrogen-bond acceptors (Lipinski definition) is 1. The highest BCUT2D eigenvalue weighted by molar-refractivity contribution is 6.08. The molecule has 0 radical (unpaired) electrons. The summed E-state index contributed by atoms with van der Waals surface area (Å²) in [5.74, 6) is -0.438. The van der Waals surface area contributed by atoms with Crippen molar-refractivity contribution in [3.63, 3.8) is 0 Å². The Kier molecular flexibility index (Phi) is 3.82. The van der Waals surface area contributed by atoms with Crippen LogP contribution in [0.5, 0.6) is 0 Å². The van der Waals surface area contributed by atoms with Crippen LogP contribution in [0.25, 0.3) is 27.9 Å². The molecule has 0 aliphatic heterocycles. The largest absolute Gasteiger partial charge is 0.366 e. The number of amides is 1. The summed E-state index contributed by atoms with van der Waals surface area (Å²) in [4.78, 5) is 11.0. The molecule has 0 aliphatic carbocycles. The quantitative estimate of drug-likeness (QED) is 0.557. The van der Waals surface area contributed by atoms with Crippen molar-refractivity contribution >= 4 is 33.8 Å². The van der Waals surface area contributed by atoms with Gasteiger partial charge in [0.05, 0.1) is 0 Å². The predicted molar refractivity (Wildman–Crippen MR) is 103 cm³/mol. The Morgan fingerprint density at radius 3 is 2.40 bits per heavy atom. The monoisotopic (exact) mass is 326 g/mol. The van der Waals surface area contributed by atoms with E-state index in [1.165, 1.54) is 33.4 Å². The van der Waals surface area contributed by atoms with E-state index in [4.69, 9.17) is 5.73 Å². The molecular formula is C22H18N2O. The van der Waals surface area contributed by atoms with E-state index in [9.17, 15) is 4.79 Å². The first-order valence-corrected chi connectivity index (χ1v) is 8.25. The van der Waals surface area contributed by atoms with Crippen molar-refractivity contribution in [3.05, 3.63) is 90.0 Å². The summed E-state index contributed by atoms with van der Waals surface area (Å²) in [5, 5.41) is 2.39. The number of carbonyl (C=O) groups is 1. The third kappa shape index (κ3) is 2.92. The number of nitrogens with two attached hydrogens (primary N) is 1. The molecule has 25 heavy (non-hydrogen) atoms. The Labute approximate surface area is 146 Å². The third-order valence-electron chi connectivity index (χ3n) is 4.42. The second-order valence-corrected chi connectivity index (χ2v) is 6.10. The molecule has 0 aliphatic rings. The maximum Gasteiger partial charge on any atom is 0.241 e. The number of carbonyl (C=O) groups excluding carboxylic acids is 1. The number of benzene rings is 3. The summed E-state index contributed by atoms with van der Waals surface area (Å²) in [7, 11) is 0. The standard InChI is InChI=1S/C22H18N2O/c23-22(25)13-11-16-10-12-21-19(14-16)18-8-4-5-9-20(18)24(21)15-17-6-2-1-3-7-17/h1-14H,15H2,(H2,23,25)/b13-11-. The van der Waals surface area contributed by atoms with Crippen LogP contribution in [0.3, 0.4) is 0 Å². The number of para-hydroxylation sites is 1. The van der Waals surface area contributed by atoms with Gasteiger partial charge in [0.1, 0.15) is 0 Å². The number of primary amides is 1. The molecule has 0 atom stereocenters. The van der Waals surface area contributed by atoms with Gasteiger partial charge in [-0.15, -0.1) is 0 Å². The van der Waals surface area contributed by atoms with Gasteiger partial charge in [-0.2, -0.15) is 0 Å². The van der Waals surface area contributed by atoms with Crippen molar-refractivity contribution in [1.82, 2.24) is 4.57 Å². The van der Waals surface area contributed by atoms with Gasteiger partial charge < -0.3 is 10.3 Å². The summed E-state index contributed by atoms with van der Waals surface area (Å²) in [6.45, 7) is 0.821. The van der Waals surface area contributed by atoms with Gasteiger partial charge in [0.2, 0.25) is 5.91 Å². The molecule has 0 spiro atoms. The molecule has 0 saturated heterocycles. The van der Waals surface area contributed by atoms with E-state index in [1.807, 2.05) is 12.1 Å². The molecule has 0 unspecified atom stereocenters. The molecule has 1 heterocycles. The van der Waals surface area contributed by atoms with Gasteiger partial charge in [-0.05, 0) is 35.4 Å². The van der Waals surface area contributed by atoms with E-state index in [0.29, 0.717) is 0 Å². The molecule has 1 aromatic heterocycles. The van der Waals surface area contributed by atoms with Crippen molar-refractivity contribution in [1.29, 1.82) is 0 Å². The Morgan fingerprint density at radius 1 is 0.880 bits per heavy atom. The van der Waals surface area contributed by atoms with Gasteiger partial charge in [-0.3, -0.25) is 4.79 Å². The van der Waals surface area contributed by atoms with Crippen LogP contribution in [0.1, 0.15) is 11.1 Å². The van der Waals surface area contributed by atoms with Crippen LogP contribution in [0.2, 0.25) is 0 Å². The summed E-state index contributed by atoms with van der Waals surface area (Å²) in [6, 6.07) is 25.1. The Bertz CT molecular complexity index is 1090. The van der Waals surface area contributed by atoms with Crippen molar-refractivity contribution in [2.45, 2.75) is 6.54 Å². The molecule has 3 aromatic carbocycles. The zero-order valence-corrected chi connectivity index (χ0v) is 13.7. The van der Waals surface area contributed by atoms with Crippen LogP contribution in [0.15, 0.2) is 78.9 Å². The van der Waals surface area contributed by atoms with Crippen LogP contribution in [0.4, 0.5) is 0 Å². The minimum atomic E-state index is -0.438. The highest BCUT2D eigenvalue weighted by Gasteiger charge is 2.10. The number of hydrogen-bond donors (Lipinski definition) is 1. The fourth-order valence-corrected chi connectivity index (χ4v) is 3.29. The Balaban J connectivity index is 1.90. The second kappa shape index (κ2) is 6.29. The minimum Gasteiger partial charge on any atom is -0.366 e. The molecule has 0 fully saturated rings. The molecule has 3 heteroatoms. The van der Waals surface area contributed by atoms with Crippen LogP contribution in [0, 0.1) is 0 Å². The molecule has 2 N–H and O–H groups in total. The van der Waals surface area contributed by atoms with Crippen LogP contribution >= 0.6 is 0 Å². The first kappa shape index (κ1) is 15.2. The molecule has 0 saturated carbocycles. The lowest BCUT2D eigenvalue weighted by Crippen LogP contribution is -2.05. The summed E-state index contributed by atoms with van der Waals surface area (Å²) >= 11 is 0. The predicted octanol–water partition coefficient (Wildman–Crippen LogP) is 4.34. The van der Waals surface area contributed by atoms with Gasteiger partial charge in [0.25, 0.3) is 0 Å². The highest BCUT2D eigenvalue weighted by atomic mass is 16.1. The summed E-state index contributed by atoms with van der Waals surface area (Å²) in [6.07, 6.45) is 3.15. The molecule has 4 aromatic rings. The van der Waals surface area contributed by atoms with Crippen molar-refractivity contribution < 1.29 is 4.79 Å². The fraction of sp³-hybridized carbons (Fsp3) is 0.0455. The lowest BCUT2D eigenvalue weighted by Gasteiger charge is -2.08. The van der Waals surface area contributed by atoms with Crippen molar-refractivity contribution in [3.8, 4) is 0 Å². The zero-order valence-electron chi connectivity index (χ0n) is 13.7. The maximum atomic E-state index is 11.0. The highest BCUT2D eigenvalue weighted by Crippen LogP contribution is 2.30. The van der Waals surface area contributed by atoms with Crippen LogP contribution in [-0.4, -0.2) is 10.5 Å². The molecule has 122 valence electrons. The topological polar surface area (TPSA) is 48.0 Å². The van der Waals surface area contributed by atoms with E-state index in [1.54, 1.807) is 6.08 Å². The van der Waals surface area contributed by atoms with Gasteiger partial charge in [-0.1, -0.05) is 54.6 Å². The first-order valence-electron chi connectivity index (χ1n) is 8.25. The molecular weight excluding hydrogens is 308 g/mol. The van der Waals surface area contributed by atoms with E-state index < -0.39 is 5.91 Å². The lowest BCUT2D eigenvalue weighted by atomic mass is 10.1. The SMILES string of the molecule is NC(=O)/C=C\c1ccc2c(c1)c1ccccc1n2Cc1ccccc1. The smallest absolute Gasteiger partial charge is 0.241 e. The van der Waals surface area contributed by atoms with Crippen molar-refractivity contribution in [2.75, 3.05) is 0 Å².